The predicted molar refractivity (Wildman–Crippen MR) is 73.6 cm³/mol. The molecule has 0 spiro atoms. The maximum absolute atomic E-state index is 5.50. The molecular weight excluding hydrogens is 226 g/mol. The van der Waals surface area contributed by atoms with Gasteiger partial charge in [-0.3, -0.25) is 4.90 Å². The van der Waals surface area contributed by atoms with E-state index in [-0.39, 0.29) is 0 Å². The number of rotatable bonds is 6. The van der Waals surface area contributed by atoms with Gasteiger partial charge in [0, 0.05) is 32.4 Å². The van der Waals surface area contributed by atoms with Crippen LogP contribution in [-0.4, -0.2) is 54.1 Å². The topological polar surface area (TPSA) is 58.3 Å². The quantitative estimate of drug-likeness (QED) is 0.753. The molecule has 1 aliphatic rings. The van der Waals surface area contributed by atoms with Crippen molar-refractivity contribution in [3.63, 3.8) is 0 Å². The SMILES string of the molecule is NCCCCCN1CCN(c2ccncn2)CC1. The van der Waals surface area contributed by atoms with E-state index in [1.54, 1.807) is 6.33 Å². The Kier molecular flexibility index (Phi) is 5.36. The van der Waals surface area contributed by atoms with Crippen LogP contribution in [0.25, 0.3) is 0 Å². The van der Waals surface area contributed by atoms with Gasteiger partial charge in [0.25, 0.3) is 0 Å². The third kappa shape index (κ3) is 3.92. The van der Waals surface area contributed by atoms with Crippen LogP contribution in [0.2, 0.25) is 0 Å². The van der Waals surface area contributed by atoms with Gasteiger partial charge >= 0.3 is 0 Å². The summed E-state index contributed by atoms with van der Waals surface area (Å²) in [6.45, 7) is 6.42. The molecule has 1 fully saturated rings. The number of piperazine rings is 1. The second-order valence-electron chi connectivity index (χ2n) is 4.75. The van der Waals surface area contributed by atoms with Crippen molar-refractivity contribution >= 4 is 5.82 Å². The minimum atomic E-state index is 0.821. The smallest absolute Gasteiger partial charge is 0.131 e. The van der Waals surface area contributed by atoms with E-state index in [0.29, 0.717) is 0 Å². The molecule has 1 aliphatic heterocycles. The van der Waals surface area contributed by atoms with Gasteiger partial charge in [-0.05, 0) is 32.0 Å². The molecular formula is C13H23N5. The van der Waals surface area contributed by atoms with Crippen molar-refractivity contribution in [2.75, 3.05) is 44.2 Å². The number of hydrogen-bond acceptors (Lipinski definition) is 5. The van der Waals surface area contributed by atoms with Crippen LogP contribution in [0.15, 0.2) is 18.6 Å². The Morgan fingerprint density at radius 1 is 1.11 bits per heavy atom. The third-order valence-corrected chi connectivity index (χ3v) is 3.44. The molecule has 0 unspecified atom stereocenters. The molecule has 1 aromatic heterocycles. The number of anilines is 1. The highest BCUT2D eigenvalue weighted by atomic mass is 15.3. The number of unbranched alkanes of at least 4 members (excludes halogenated alkanes) is 2. The Hall–Kier alpha value is -1.20. The minimum Gasteiger partial charge on any atom is -0.354 e. The van der Waals surface area contributed by atoms with Gasteiger partial charge in [-0.25, -0.2) is 9.97 Å². The van der Waals surface area contributed by atoms with E-state index in [1.165, 1.54) is 19.4 Å². The summed E-state index contributed by atoms with van der Waals surface area (Å²) in [7, 11) is 0. The van der Waals surface area contributed by atoms with Gasteiger partial charge in [0.05, 0.1) is 0 Å². The lowest BCUT2D eigenvalue weighted by molar-refractivity contribution is 0.252. The molecule has 0 atom stereocenters. The molecule has 0 bridgehead atoms. The van der Waals surface area contributed by atoms with E-state index in [0.717, 1.165) is 45.0 Å². The lowest BCUT2D eigenvalue weighted by Crippen LogP contribution is -2.46. The Labute approximate surface area is 109 Å². The minimum absolute atomic E-state index is 0.821. The van der Waals surface area contributed by atoms with Crippen LogP contribution in [0, 0.1) is 0 Å². The summed E-state index contributed by atoms with van der Waals surface area (Å²) in [6.07, 6.45) is 7.10. The maximum Gasteiger partial charge on any atom is 0.131 e. The van der Waals surface area contributed by atoms with Crippen molar-refractivity contribution in [1.82, 2.24) is 14.9 Å². The van der Waals surface area contributed by atoms with E-state index in [9.17, 15) is 0 Å². The number of nitrogens with two attached hydrogens (primary N) is 1. The maximum atomic E-state index is 5.50. The molecule has 2 N–H and O–H groups in total. The zero-order chi connectivity index (χ0) is 12.6. The summed E-state index contributed by atoms with van der Waals surface area (Å²) in [4.78, 5) is 13.1. The largest absolute Gasteiger partial charge is 0.354 e. The summed E-state index contributed by atoms with van der Waals surface area (Å²) in [5.41, 5.74) is 5.50. The molecule has 2 heterocycles. The number of nitrogens with zero attached hydrogens (tertiary/aromatic N) is 4. The Balaban J connectivity index is 1.68. The molecule has 0 aromatic carbocycles. The van der Waals surface area contributed by atoms with Crippen molar-refractivity contribution in [3.05, 3.63) is 18.6 Å². The molecule has 0 radical (unpaired) electrons. The predicted octanol–water partition coefficient (Wildman–Crippen LogP) is 0.728. The summed E-state index contributed by atoms with van der Waals surface area (Å²) >= 11 is 0. The zero-order valence-corrected chi connectivity index (χ0v) is 11.0. The highest BCUT2D eigenvalue weighted by Crippen LogP contribution is 2.12. The van der Waals surface area contributed by atoms with Crippen LogP contribution in [0.1, 0.15) is 19.3 Å². The van der Waals surface area contributed by atoms with Gasteiger partial charge in [0.1, 0.15) is 12.1 Å². The van der Waals surface area contributed by atoms with Crippen LogP contribution in [0.4, 0.5) is 5.82 Å². The van der Waals surface area contributed by atoms with Crippen molar-refractivity contribution in [1.29, 1.82) is 0 Å². The third-order valence-electron chi connectivity index (χ3n) is 3.44. The summed E-state index contributed by atoms with van der Waals surface area (Å²) in [6, 6.07) is 1.98. The molecule has 18 heavy (non-hydrogen) atoms. The molecule has 0 aliphatic carbocycles. The zero-order valence-electron chi connectivity index (χ0n) is 11.0. The molecule has 100 valence electrons. The van der Waals surface area contributed by atoms with Crippen LogP contribution in [-0.2, 0) is 0 Å². The average molecular weight is 249 g/mol. The molecule has 5 nitrogen and oxygen atoms in total. The summed E-state index contributed by atoms with van der Waals surface area (Å²) in [5, 5.41) is 0. The highest BCUT2D eigenvalue weighted by molar-refractivity contribution is 5.36. The van der Waals surface area contributed by atoms with E-state index >= 15 is 0 Å². The molecule has 0 saturated carbocycles. The first-order valence-corrected chi connectivity index (χ1v) is 6.83. The van der Waals surface area contributed by atoms with Crippen LogP contribution in [0.5, 0.6) is 0 Å². The fraction of sp³-hybridized carbons (Fsp3) is 0.692. The van der Waals surface area contributed by atoms with E-state index in [2.05, 4.69) is 19.8 Å². The van der Waals surface area contributed by atoms with Crippen molar-refractivity contribution in [2.45, 2.75) is 19.3 Å². The van der Waals surface area contributed by atoms with Crippen molar-refractivity contribution < 1.29 is 0 Å². The fourth-order valence-electron chi connectivity index (χ4n) is 2.33. The normalized spacial score (nSPS) is 17.1. The van der Waals surface area contributed by atoms with Gasteiger partial charge in [0.15, 0.2) is 0 Å². The first-order valence-electron chi connectivity index (χ1n) is 6.83. The van der Waals surface area contributed by atoms with Gasteiger partial charge < -0.3 is 10.6 Å². The second kappa shape index (κ2) is 7.28. The monoisotopic (exact) mass is 249 g/mol. The molecule has 1 saturated heterocycles. The van der Waals surface area contributed by atoms with Crippen molar-refractivity contribution in [2.24, 2.45) is 5.73 Å². The van der Waals surface area contributed by atoms with E-state index < -0.39 is 0 Å². The molecule has 5 heteroatoms. The first kappa shape index (κ1) is 13.2. The van der Waals surface area contributed by atoms with Gasteiger partial charge in [-0.15, -0.1) is 0 Å². The molecule has 0 amide bonds. The van der Waals surface area contributed by atoms with E-state index in [1.807, 2.05) is 12.3 Å². The standard InChI is InChI=1S/C13H23N5/c14-5-2-1-3-7-17-8-10-18(11-9-17)13-4-6-15-12-16-13/h4,6,12H,1-3,5,7-11,14H2. The van der Waals surface area contributed by atoms with Crippen LogP contribution in [0.3, 0.4) is 0 Å². The van der Waals surface area contributed by atoms with Crippen molar-refractivity contribution in [3.8, 4) is 0 Å². The van der Waals surface area contributed by atoms with E-state index in [4.69, 9.17) is 5.73 Å². The Morgan fingerprint density at radius 3 is 2.61 bits per heavy atom. The first-order chi connectivity index (χ1) is 8.90. The fourth-order valence-corrected chi connectivity index (χ4v) is 2.33. The number of hydrogen-bond donors (Lipinski definition) is 1. The van der Waals surface area contributed by atoms with Gasteiger partial charge in [0.2, 0.25) is 0 Å². The molecule has 1 aromatic rings. The number of aromatic nitrogens is 2. The Morgan fingerprint density at radius 2 is 1.94 bits per heavy atom. The van der Waals surface area contributed by atoms with Gasteiger partial charge in [-0.1, -0.05) is 6.42 Å². The lowest BCUT2D eigenvalue weighted by atomic mass is 10.2. The highest BCUT2D eigenvalue weighted by Gasteiger charge is 2.17. The molecule has 2 rings (SSSR count). The Bertz CT molecular complexity index is 321. The average Bonchev–Trinajstić information content (AvgIpc) is 2.45. The summed E-state index contributed by atoms with van der Waals surface area (Å²) < 4.78 is 0. The second-order valence-corrected chi connectivity index (χ2v) is 4.75. The van der Waals surface area contributed by atoms with Crippen LogP contribution >= 0.6 is 0 Å². The van der Waals surface area contributed by atoms with Crippen LogP contribution < -0.4 is 10.6 Å². The van der Waals surface area contributed by atoms with Gasteiger partial charge in [-0.2, -0.15) is 0 Å². The summed E-state index contributed by atoms with van der Waals surface area (Å²) in [5.74, 6) is 1.05. The lowest BCUT2D eigenvalue weighted by Gasteiger charge is -2.35.